The van der Waals surface area contributed by atoms with E-state index in [4.69, 9.17) is 23.2 Å². The van der Waals surface area contributed by atoms with Crippen molar-refractivity contribution in [2.24, 2.45) is 0 Å². The number of nitrogens with one attached hydrogen (secondary N) is 2. The van der Waals surface area contributed by atoms with Gasteiger partial charge in [-0.1, -0.05) is 23.2 Å². The highest BCUT2D eigenvalue weighted by Gasteiger charge is 2.21. The SMILES string of the molecule is CCNc1nc(NCC(C)(C)N(C)C)c(Cl)cc1Cl. The first kappa shape index (κ1) is 16.3. The number of halogens is 2. The maximum atomic E-state index is 6.16. The zero-order valence-electron chi connectivity index (χ0n) is 12.1. The second-order valence-corrected chi connectivity index (χ2v) is 6.05. The van der Waals surface area contributed by atoms with Crippen LogP contribution < -0.4 is 10.6 Å². The molecular formula is C13H22Cl2N4. The standard InChI is InChI=1S/C13H22Cl2N4/c1-6-16-11-9(14)7-10(15)12(18-11)17-8-13(2,3)19(4)5/h7H,6,8H2,1-5H3,(H2,16,17,18). The fourth-order valence-corrected chi connectivity index (χ4v) is 1.83. The lowest BCUT2D eigenvalue weighted by Crippen LogP contribution is -2.44. The number of pyridine rings is 1. The van der Waals surface area contributed by atoms with Crippen LogP contribution in [0.2, 0.25) is 10.0 Å². The summed E-state index contributed by atoms with van der Waals surface area (Å²) in [6, 6.07) is 1.71. The van der Waals surface area contributed by atoms with E-state index in [1.165, 1.54) is 0 Å². The minimum Gasteiger partial charge on any atom is -0.369 e. The summed E-state index contributed by atoms with van der Waals surface area (Å²) in [6.45, 7) is 7.79. The summed E-state index contributed by atoms with van der Waals surface area (Å²) < 4.78 is 0. The highest BCUT2D eigenvalue weighted by atomic mass is 35.5. The first-order valence-corrected chi connectivity index (χ1v) is 7.04. The number of hydrogen-bond acceptors (Lipinski definition) is 4. The van der Waals surface area contributed by atoms with Crippen LogP contribution in [0.3, 0.4) is 0 Å². The van der Waals surface area contributed by atoms with E-state index in [-0.39, 0.29) is 5.54 Å². The number of nitrogens with zero attached hydrogens (tertiary/aromatic N) is 2. The molecule has 0 saturated carbocycles. The Kier molecular flexibility index (Phi) is 5.71. The van der Waals surface area contributed by atoms with Gasteiger partial charge in [0, 0.05) is 18.6 Å². The highest BCUT2D eigenvalue weighted by Crippen LogP contribution is 2.29. The second-order valence-electron chi connectivity index (χ2n) is 5.24. The van der Waals surface area contributed by atoms with Crippen LogP contribution in [0.1, 0.15) is 20.8 Å². The molecule has 0 unspecified atom stereocenters. The first-order valence-electron chi connectivity index (χ1n) is 6.29. The van der Waals surface area contributed by atoms with Crippen LogP contribution >= 0.6 is 23.2 Å². The molecule has 0 radical (unpaired) electrons. The van der Waals surface area contributed by atoms with Crippen LogP contribution in [0.15, 0.2) is 6.07 Å². The molecule has 1 rings (SSSR count). The maximum absolute atomic E-state index is 6.16. The van der Waals surface area contributed by atoms with Gasteiger partial charge in [0.2, 0.25) is 0 Å². The Labute approximate surface area is 125 Å². The molecule has 2 N–H and O–H groups in total. The van der Waals surface area contributed by atoms with Gasteiger partial charge in [0.25, 0.3) is 0 Å². The number of anilines is 2. The van der Waals surface area contributed by atoms with E-state index in [1.54, 1.807) is 6.07 Å². The molecule has 1 aromatic rings. The fraction of sp³-hybridized carbons (Fsp3) is 0.615. The van der Waals surface area contributed by atoms with Crippen LogP contribution in [-0.4, -0.2) is 42.6 Å². The van der Waals surface area contributed by atoms with Crippen molar-refractivity contribution in [1.82, 2.24) is 9.88 Å². The average Bonchev–Trinajstić information content (AvgIpc) is 2.31. The van der Waals surface area contributed by atoms with Gasteiger partial charge in [0.1, 0.15) is 11.6 Å². The molecule has 108 valence electrons. The molecule has 0 aromatic carbocycles. The molecule has 0 atom stereocenters. The lowest BCUT2D eigenvalue weighted by molar-refractivity contribution is 0.210. The number of hydrogen-bond donors (Lipinski definition) is 2. The Morgan fingerprint density at radius 2 is 1.68 bits per heavy atom. The van der Waals surface area contributed by atoms with Crippen molar-refractivity contribution in [2.75, 3.05) is 37.8 Å². The van der Waals surface area contributed by atoms with E-state index in [1.807, 2.05) is 21.0 Å². The van der Waals surface area contributed by atoms with Crippen LogP contribution in [0, 0.1) is 0 Å². The van der Waals surface area contributed by atoms with Crippen molar-refractivity contribution in [2.45, 2.75) is 26.3 Å². The van der Waals surface area contributed by atoms with Gasteiger partial charge in [0.05, 0.1) is 10.0 Å². The molecule has 1 heterocycles. The zero-order valence-corrected chi connectivity index (χ0v) is 13.7. The molecule has 0 aliphatic rings. The molecule has 19 heavy (non-hydrogen) atoms. The second kappa shape index (κ2) is 6.64. The van der Waals surface area contributed by atoms with Gasteiger partial charge in [-0.15, -0.1) is 0 Å². The predicted octanol–water partition coefficient (Wildman–Crippen LogP) is 3.57. The molecule has 1 aromatic heterocycles. The summed E-state index contributed by atoms with van der Waals surface area (Å²) in [5.74, 6) is 1.30. The van der Waals surface area contributed by atoms with Gasteiger partial charge in [-0.05, 0) is 40.9 Å². The summed E-state index contributed by atoms with van der Waals surface area (Å²) in [4.78, 5) is 6.57. The molecule has 0 spiro atoms. The predicted molar refractivity (Wildman–Crippen MR) is 84.7 cm³/mol. The lowest BCUT2D eigenvalue weighted by Gasteiger charge is -2.33. The Morgan fingerprint density at radius 3 is 2.16 bits per heavy atom. The first-order chi connectivity index (χ1) is 8.77. The normalized spacial score (nSPS) is 11.8. The molecule has 0 fully saturated rings. The third-order valence-electron chi connectivity index (χ3n) is 3.17. The van der Waals surface area contributed by atoms with Gasteiger partial charge in [-0.2, -0.15) is 0 Å². The monoisotopic (exact) mass is 304 g/mol. The number of rotatable bonds is 6. The van der Waals surface area contributed by atoms with Crippen LogP contribution in [0.4, 0.5) is 11.6 Å². The minimum atomic E-state index is 0.00297. The molecule has 6 heteroatoms. The van der Waals surface area contributed by atoms with Gasteiger partial charge in [0.15, 0.2) is 0 Å². The minimum absolute atomic E-state index is 0.00297. The zero-order chi connectivity index (χ0) is 14.6. The van der Waals surface area contributed by atoms with Crippen molar-refractivity contribution in [3.8, 4) is 0 Å². The van der Waals surface area contributed by atoms with Crippen molar-refractivity contribution >= 4 is 34.8 Å². The highest BCUT2D eigenvalue weighted by molar-refractivity contribution is 6.37. The number of aromatic nitrogens is 1. The molecule has 0 bridgehead atoms. The van der Waals surface area contributed by atoms with E-state index < -0.39 is 0 Å². The van der Waals surface area contributed by atoms with Crippen LogP contribution in [0.25, 0.3) is 0 Å². The summed E-state index contributed by atoms with van der Waals surface area (Å²) in [7, 11) is 4.09. The topological polar surface area (TPSA) is 40.2 Å². The molecule has 0 saturated heterocycles. The molecular weight excluding hydrogens is 283 g/mol. The van der Waals surface area contributed by atoms with Gasteiger partial charge < -0.3 is 15.5 Å². The summed E-state index contributed by atoms with van der Waals surface area (Å²) in [6.07, 6.45) is 0. The summed E-state index contributed by atoms with van der Waals surface area (Å²) >= 11 is 12.2. The Balaban J connectivity index is 2.86. The lowest BCUT2D eigenvalue weighted by atomic mass is 10.0. The molecule has 0 aliphatic heterocycles. The number of likely N-dealkylation sites (N-methyl/N-ethyl adjacent to an activating group) is 1. The van der Waals surface area contributed by atoms with Crippen molar-refractivity contribution in [3.63, 3.8) is 0 Å². The largest absolute Gasteiger partial charge is 0.369 e. The summed E-state index contributed by atoms with van der Waals surface area (Å²) in [5.41, 5.74) is 0.00297. The third kappa shape index (κ3) is 4.41. The fourth-order valence-electron chi connectivity index (χ4n) is 1.34. The van der Waals surface area contributed by atoms with Crippen molar-refractivity contribution in [3.05, 3.63) is 16.1 Å². The van der Waals surface area contributed by atoms with E-state index in [2.05, 4.69) is 34.4 Å². The Morgan fingerprint density at radius 1 is 1.16 bits per heavy atom. The van der Waals surface area contributed by atoms with Gasteiger partial charge >= 0.3 is 0 Å². The third-order valence-corrected chi connectivity index (χ3v) is 3.75. The molecule has 4 nitrogen and oxygen atoms in total. The molecule has 0 amide bonds. The Hall–Kier alpha value is -0.710. The van der Waals surface area contributed by atoms with Crippen molar-refractivity contribution in [1.29, 1.82) is 0 Å². The smallest absolute Gasteiger partial charge is 0.147 e. The van der Waals surface area contributed by atoms with Gasteiger partial charge in [-0.25, -0.2) is 4.98 Å². The van der Waals surface area contributed by atoms with E-state index in [0.29, 0.717) is 21.7 Å². The van der Waals surface area contributed by atoms with Crippen LogP contribution in [-0.2, 0) is 0 Å². The van der Waals surface area contributed by atoms with Crippen LogP contribution in [0.5, 0.6) is 0 Å². The van der Waals surface area contributed by atoms with E-state index in [9.17, 15) is 0 Å². The maximum Gasteiger partial charge on any atom is 0.147 e. The Bertz CT molecular complexity index is 433. The van der Waals surface area contributed by atoms with E-state index in [0.717, 1.165) is 13.1 Å². The van der Waals surface area contributed by atoms with E-state index >= 15 is 0 Å². The molecule has 0 aliphatic carbocycles. The van der Waals surface area contributed by atoms with Crippen molar-refractivity contribution < 1.29 is 0 Å². The van der Waals surface area contributed by atoms with Gasteiger partial charge in [-0.3, -0.25) is 0 Å². The average molecular weight is 305 g/mol. The summed E-state index contributed by atoms with van der Waals surface area (Å²) in [5, 5.41) is 7.45. The quantitative estimate of drug-likeness (QED) is 0.843.